The van der Waals surface area contributed by atoms with E-state index in [0.29, 0.717) is 24.2 Å². The van der Waals surface area contributed by atoms with Crippen molar-refractivity contribution in [2.45, 2.75) is 24.2 Å². The topological polar surface area (TPSA) is 113 Å². The number of amides is 3. The van der Waals surface area contributed by atoms with Crippen molar-refractivity contribution in [3.63, 3.8) is 0 Å². The van der Waals surface area contributed by atoms with Crippen LogP contribution in [0.2, 0.25) is 0 Å². The van der Waals surface area contributed by atoms with Crippen molar-refractivity contribution in [2.24, 2.45) is 0 Å². The van der Waals surface area contributed by atoms with Gasteiger partial charge in [-0.1, -0.05) is 18.2 Å². The summed E-state index contributed by atoms with van der Waals surface area (Å²) < 4.78 is 27.1. The minimum Gasteiger partial charge on any atom is -0.352 e. The van der Waals surface area contributed by atoms with Crippen molar-refractivity contribution in [3.8, 4) is 0 Å². The Bertz CT molecular complexity index is 988. The highest BCUT2D eigenvalue weighted by Gasteiger charge is 2.27. The number of likely N-dealkylation sites (tertiary alicyclic amines) is 1. The van der Waals surface area contributed by atoms with E-state index in [-0.39, 0.29) is 42.0 Å². The normalized spacial score (nSPS) is 14.1. The van der Waals surface area contributed by atoms with E-state index in [0.717, 1.165) is 0 Å². The lowest BCUT2D eigenvalue weighted by molar-refractivity contribution is -0.138. The van der Waals surface area contributed by atoms with Gasteiger partial charge in [-0.05, 0) is 42.8 Å². The summed E-state index contributed by atoms with van der Waals surface area (Å²) in [6.07, 6.45) is 0.981. The average molecular weight is 415 g/mol. The van der Waals surface area contributed by atoms with Crippen LogP contribution < -0.4 is 10.0 Å². The fourth-order valence-corrected chi connectivity index (χ4v) is 4.00. The molecule has 0 aromatic heterocycles. The number of nitrogens with zero attached hydrogens (tertiary/aromatic N) is 1. The zero-order valence-electron chi connectivity index (χ0n) is 15.6. The number of hydrogen-bond donors (Lipinski definition) is 2. The summed E-state index contributed by atoms with van der Waals surface area (Å²) >= 11 is 0. The van der Waals surface area contributed by atoms with Gasteiger partial charge >= 0.3 is 0 Å². The van der Waals surface area contributed by atoms with Gasteiger partial charge < -0.3 is 5.32 Å². The van der Waals surface area contributed by atoms with Crippen molar-refractivity contribution >= 4 is 33.4 Å². The number of nitrogens with one attached hydrogen (secondary N) is 2. The van der Waals surface area contributed by atoms with Crippen LogP contribution in [0.5, 0.6) is 0 Å². The summed E-state index contributed by atoms with van der Waals surface area (Å²) in [5, 5.41) is 2.72. The van der Waals surface area contributed by atoms with E-state index < -0.39 is 10.0 Å². The van der Waals surface area contributed by atoms with E-state index in [9.17, 15) is 22.8 Å². The zero-order valence-corrected chi connectivity index (χ0v) is 16.4. The third-order valence-electron chi connectivity index (χ3n) is 4.45. The number of hydrogen-bond acceptors (Lipinski definition) is 5. The Morgan fingerprint density at radius 3 is 2.17 bits per heavy atom. The second-order valence-electron chi connectivity index (χ2n) is 6.54. The molecule has 1 aliphatic rings. The number of carbonyl (C=O) groups excluding carboxylic acids is 3. The SMILES string of the molecule is O=C(NCCCN1C(=O)CCC1=O)c1ccc(NS(=O)(=O)c2ccccc2)cc1. The van der Waals surface area contributed by atoms with E-state index in [4.69, 9.17) is 0 Å². The molecule has 0 spiro atoms. The number of anilines is 1. The van der Waals surface area contributed by atoms with Gasteiger partial charge in [-0.15, -0.1) is 0 Å². The number of imide groups is 1. The molecule has 0 unspecified atom stereocenters. The second kappa shape index (κ2) is 8.87. The van der Waals surface area contributed by atoms with Gasteiger partial charge in [-0.3, -0.25) is 24.0 Å². The molecule has 2 N–H and O–H groups in total. The van der Waals surface area contributed by atoms with E-state index in [1.165, 1.54) is 41.3 Å². The average Bonchev–Trinajstić information content (AvgIpc) is 3.04. The fourth-order valence-electron chi connectivity index (χ4n) is 2.92. The van der Waals surface area contributed by atoms with Gasteiger partial charge in [0.2, 0.25) is 11.8 Å². The highest BCUT2D eigenvalue weighted by molar-refractivity contribution is 7.92. The van der Waals surface area contributed by atoms with Gasteiger partial charge in [0.15, 0.2) is 0 Å². The molecule has 2 aromatic rings. The molecule has 0 saturated carbocycles. The third kappa shape index (κ3) is 5.20. The molecule has 152 valence electrons. The van der Waals surface area contributed by atoms with E-state index in [2.05, 4.69) is 10.0 Å². The summed E-state index contributed by atoms with van der Waals surface area (Å²) in [5.74, 6) is -0.661. The van der Waals surface area contributed by atoms with Crippen LogP contribution in [-0.4, -0.2) is 44.1 Å². The van der Waals surface area contributed by atoms with Crippen LogP contribution in [0.15, 0.2) is 59.5 Å². The maximum Gasteiger partial charge on any atom is 0.261 e. The zero-order chi connectivity index (χ0) is 20.9. The van der Waals surface area contributed by atoms with Gasteiger partial charge in [0.25, 0.3) is 15.9 Å². The summed E-state index contributed by atoms with van der Waals surface area (Å²) in [4.78, 5) is 36.6. The monoisotopic (exact) mass is 415 g/mol. The molecule has 0 aliphatic carbocycles. The largest absolute Gasteiger partial charge is 0.352 e. The van der Waals surface area contributed by atoms with Crippen LogP contribution in [0.1, 0.15) is 29.6 Å². The summed E-state index contributed by atoms with van der Waals surface area (Å²) in [6.45, 7) is 0.608. The Labute approximate surface area is 169 Å². The molecule has 8 nitrogen and oxygen atoms in total. The first kappa shape index (κ1) is 20.5. The quantitative estimate of drug-likeness (QED) is 0.504. The van der Waals surface area contributed by atoms with Crippen molar-refractivity contribution in [2.75, 3.05) is 17.8 Å². The van der Waals surface area contributed by atoms with E-state index in [1.54, 1.807) is 18.2 Å². The van der Waals surface area contributed by atoms with Crippen LogP contribution in [-0.2, 0) is 19.6 Å². The molecular formula is C20H21N3O5S. The Balaban J connectivity index is 1.50. The lowest BCUT2D eigenvalue weighted by Gasteiger charge is -2.13. The molecule has 9 heteroatoms. The van der Waals surface area contributed by atoms with Gasteiger partial charge in [-0.2, -0.15) is 0 Å². The number of sulfonamides is 1. The Morgan fingerprint density at radius 1 is 0.931 bits per heavy atom. The lowest BCUT2D eigenvalue weighted by atomic mass is 10.2. The van der Waals surface area contributed by atoms with Crippen LogP contribution in [0.3, 0.4) is 0 Å². The van der Waals surface area contributed by atoms with Crippen molar-refractivity contribution in [3.05, 3.63) is 60.2 Å². The highest BCUT2D eigenvalue weighted by Crippen LogP contribution is 2.16. The smallest absolute Gasteiger partial charge is 0.261 e. The van der Waals surface area contributed by atoms with Gasteiger partial charge in [0.1, 0.15) is 0 Å². The first-order valence-electron chi connectivity index (χ1n) is 9.16. The fraction of sp³-hybridized carbons (Fsp3) is 0.250. The minimum atomic E-state index is -3.69. The van der Waals surface area contributed by atoms with Crippen molar-refractivity contribution in [1.29, 1.82) is 0 Å². The standard InChI is InChI=1S/C20H21N3O5S/c24-18-11-12-19(25)23(18)14-4-13-21-20(26)15-7-9-16(10-8-15)22-29(27,28)17-5-2-1-3-6-17/h1-3,5-10,22H,4,11-14H2,(H,21,26). The summed E-state index contributed by atoms with van der Waals surface area (Å²) in [6, 6.07) is 14.1. The predicted molar refractivity (Wildman–Crippen MR) is 107 cm³/mol. The Hall–Kier alpha value is -3.20. The molecule has 0 bridgehead atoms. The van der Waals surface area contributed by atoms with E-state index >= 15 is 0 Å². The summed E-state index contributed by atoms with van der Waals surface area (Å²) in [5.41, 5.74) is 0.720. The number of rotatable bonds is 8. The lowest BCUT2D eigenvalue weighted by Crippen LogP contribution is -2.33. The molecule has 3 rings (SSSR count). The highest BCUT2D eigenvalue weighted by atomic mass is 32.2. The minimum absolute atomic E-state index is 0.150. The number of carbonyl (C=O) groups is 3. The van der Waals surface area contributed by atoms with Crippen molar-refractivity contribution in [1.82, 2.24) is 10.2 Å². The van der Waals surface area contributed by atoms with Crippen LogP contribution in [0.25, 0.3) is 0 Å². The van der Waals surface area contributed by atoms with Crippen LogP contribution >= 0.6 is 0 Å². The molecule has 2 aromatic carbocycles. The molecule has 0 radical (unpaired) electrons. The van der Waals surface area contributed by atoms with Gasteiger partial charge in [-0.25, -0.2) is 8.42 Å². The maximum absolute atomic E-state index is 12.3. The van der Waals surface area contributed by atoms with Crippen molar-refractivity contribution < 1.29 is 22.8 Å². The van der Waals surface area contributed by atoms with Gasteiger partial charge in [0.05, 0.1) is 4.90 Å². The third-order valence-corrected chi connectivity index (χ3v) is 5.85. The molecule has 1 saturated heterocycles. The Morgan fingerprint density at radius 2 is 1.55 bits per heavy atom. The molecule has 1 aliphatic heterocycles. The first-order chi connectivity index (χ1) is 13.9. The predicted octanol–water partition coefficient (Wildman–Crippen LogP) is 1.76. The second-order valence-corrected chi connectivity index (χ2v) is 8.23. The first-order valence-corrected chi connectivity index (χ1v) is 10.6. The molecular weight excluding hydrogens is 394 g/mol. The van der Waals surface area contributed by atoms with E-state index in [1.807, 2.05) is 0 Å². The molecule has 1 fully saturated rings. The van der Waals surface area contributed by atoms with Crippen LogP contribution in [0.4, 0.5) is 5.69 Å². The Kier molecular flexibility index (Phi) is 6.28. The number of benzene rings is 2. The molecule has 1 heterocycles. The molecule has 29 heavy (non-hydrogen) atoms. The molecule has 0 atom stereocenters. The molecule has 3 amide bonds. The maximum atomic E-state index is 12.3. The summed E-state index contributed by atoms with van der Waals surface area (Å²) in [7, 11) is -3.69. The van der Waals surface area contributed by atoms with Gasteiger partial charge in [0, 0.05) is 37.2 Å². The van der Waals surface area contributed by atoms with Crippen LogP contribution in [0, 0.1) is 0 Å².